The molecule has 0 spiro atoms. The Bertz CT molecular complexity index is 510. The lowest BCUT2D eigenvalue weighted by Crippen LogP contribution is -2.39. The lowest BCUT2D eigenvalue weighted by Gasteiger charge is -2.18. The maximum atomic E-state index is 13.1. The van der Waals surface area contributed by atoms with Crippen LogP contribution in [0.1, 0.15) is 6.42 Å². The molecule has 0 radical (unpaired) electrons. The third-order valence-electron chi connectivity index (χ3n) is 2.71. The second kappa shape index (κ2) is 5.38. The molecule has 1 aromatic rings. The molecule has 0 bridgehead atoms. The summed E-state index contributed by atoms with van der Waals surface area (Å²) in [6.07, 6.45) is -0.291. The average molecular weight is 338 g/mol. The lowest BCUT2D eigenvalue weighted by atomic mass is 10.3. The van der Waals surface area contributed by atoms with Gasteiger partial charge in [0, 0.05) is 13.0 Å². The Morgan fingerprint density at radius 3 is 2.74 bits per heavy atom. The Labute approximate surface area is 116 Å². The van der Waals surface area contributed by atoms with Crippen LogP contribution in [-0.4, -0.2) is 35.1 Å². The minimum atomic E-state index is -2.79. The molecular weight excluding hydrogens is 327 g/mol. The summed E-state index contributed by atoms with van der Waals surface area (Å²) in [7, 11) is 0. The number of guanidine groups is 1. The first-order valence-electron chi connectivity index (χ1n) is 5.48. The number of halogens is 4. The van der Waals surface area contributed by atoms with Gasteiger partial charge in [0.15, 0.2) is 0 Å². The van der Waals surface area contributed by atoms with Crippen LogP contribution in [0.15, 0.2) is 27.7 Å². The van der Waals surface area contributed by atoms with Crippen LogP contribution in [-0.2, 0) is 0 Å². The van der Waals surface area contributed by atoms with Gasteiger partial charge in [-0.05, 0) is 34.1 Å². The summed E-state index contributed by atoms with van der Waals surface area (Å²) in [5.74, 6) is -3.33. The summed E-state index contributed by atoms with van der Waals surface area (Å²) >= 11 is 3.00. The quantitative estimate of drug-likeness (QED) is 0.470. The minimum Gasteiger partial charge on any atom is -0.335 e. The normalized spacial score (nSPS) is 18.8. The van der Waals surface area contributed by atoms with Crippen LogP contribution in [0.2, 0.25) is 0 Å². The van der Waals surface area contributed by atoms with Crippen molar-refractivity contribution in [2.45, 2.75) is 12.3 Å². The topological polar surface area (TPSA) is 47.9 Å². The molecule has 0 unspecified atom stereocenters. The van der Waals surface area contributed by atoms with E-state index in [0.29, 0.717) is 5.69 Å². The van der Waals surface area contributed by atoms with Crippen molar-refractivity contribution in [2.24, 2.45) is 4.99 Å². The van der Waals surface area contributed by atoms with Gasteiger partial charge in [-0.25, -0.2) is 23.6 Å². The summed E-state index contributed by atoms with van der Waals surface area (Å²) in [5.41, 5.74) is 2.13. The number of aliphatic imine (C=N–C) groups is 1. The fraction of sp³-hybridized carbons (Fsp3) is 0.364. The van der Waals surface area contributed by atoms with Gasteiger partial charge in [-0.2, -0.15) is 0 Å². The van der Waals surface area contributed by atoms with E-state index in [1.165, 1.54) is 23.1 Å². The van der Waals surface area contributed by atoms with E-state index in [2.05, 4.69) is 20.9 Å². The zero-order valence-electron chi connectivity index (χ0n) is 9.71. The second-order valence-electron chi connectivity index (χ2n) is 4.17. The van der Waals surface area contributed by atoms with E-state index < -0.39 is 18.3 Å². The number of nitrogens with one attached hydrogen (secondary N) is 1. The van der Waals surface area contributed by atoms with Crippen LogP contribution in [0, 0.1) is 5.82 Å². The van der Waals surface area contributed by atoms with E-state index >= 15 is 0 Å². The molecule has 1 aromatic carbocycles. The standard InChI is InChI=1S/C11H11BrF3N3O/c12-8-5-7(1-2-9(8)13)16-10(17-19)18-4-3-11(14,15)6-18/h1-2,5,19H,3-4,6H2,(H,16,17). The van der Waals surface area contributed by atoms with Crippen molar-refractivity contribution in [2.75, 3.05) is 13.1 Å². The number of hydrogen-bond acceptors (Lipinski definition) is 2. The third kappa shape index (κ3) is 3.38. The fourth-order valence-electron chi connectivity index (χ4n) is 1.76. The molecule has 0 aromatic heterocycles. The molecule has 1 saturated heterocycles. The molecule has 1 heterocycles. The molecule has 104 valence electrons. The minimum absolute atomic E-state index is 0.0851. The van der Waals surface area contributed by atoms with E-state index in [1.54, 1.807) is 5.48 Å². The van der Waals surface area contributed by atoms with Crippen molar-refractivity contribution in [3.8, 4) is 0 Å². The average Bonchev–Trinajstić information content (AvgIpc) is 2.71. The highest BCUT2D eigenvalue weighted by Gasteiger charge is 2.39. The number of rotatable bonds is 1. The lowest BCUT2D eigenvalue weighted by molar-refractivity contribution is 0.0167. The van der Waals surface area contributed by atoms with Crippen molar-refractivity contribution in [1.29, 1.82) is 0 Å². The van der Waals surface area contributed by atoms with Gasteiger partial charge in [0.1, 0.15) is 5.82 Å². The maximum absolute atomic E-state index is 13.1. The Morgan fingerprint density at radius 1 is 1.47 bits per heavy atom. The molecule has 0 aliphatic carbocycles. The number of likely N-dealkylation sites (tertiary alicyclic amines) is 1. The van der Waals surface area contributed by atoms with Crippen molar-refractivity contribution >= 4 is 27.6 Å². The predicted octanol–water partition coefficient (Wildman–Crippen LogP) is 2.90. The van der Waals surface area contributed by atoms with Crippen LogP contribution < -0.4 is 5.48 Å². The molecular formula is C11H11BrF3N3O. The molecule has 1 fully saturated rings. The van der Waals surface area contributed by atoms with Crippen molar-refractivity contribution in [1.82, 2.24) is 10.4 Å². The van der Waals surface area contributed by atoms with Crippen molar-refractivity contribution in [3.63, 3.8) is 0 Å². The Morgan fingerprint density at radius 2 is 2.21 bits per heavy atom. The smallest absolute Gasteiger partial charge is 0.267 e. The Hall–Kier alpha value is -1.28. The molecule has 1 aliphatic rings. The molecule has 0 saturated carbocycles. The summed E-state index contributed by atoms with van der Waals surface area (Å²) in [5, 5.41) is 8.99. The molecule has 2 N–H and O–H groups in total. The van der Waals surface area contributed by atoms with Crippen LogP contribution >= 0.6 is 15.9 Å². The van der Waals surface area contributed by atoms with Crippen molar-refractivity contribution < 1.29 is 18.4 Å². The van der Waals surface area contributed by atoms with Crippen LogP contribution in [0.4, 0.5) is 18.9 Å². The number of hydroxylamine groups is 1. The van der Waals surface area contributed by atoms with Gasteiger partial charge in [0.05, 0.1) is 16.7 Å². The van der Waals surface area contributed by atoms with Gasteiger partial charge < -0.3 is 4.90 Å². The van der Waals surface area contributed by atoms with E-state index in [-0.39, 0.29) is 23.4 Å². The van der Waals surface area contributed by atoms with Gasteiger partial charge >= 0.3 is 0 Å². The number of nitrogens with zero attached hydrogens (tertiary/aromatic N) is 2. The monoisotopic (exact) mass is 337 g/mol. The van der Waals surface area contributed by atoms with Gasteiger partial charge in [-0.15, -0.1) is 0 Å². The first-order chi connectivity index (χ1) is 8.91. The molecule has 19 heavy (non-hydrogen) atoms. The van der Waals surface area contributed by atoms with Crippen LogP contribution in [0.25, 0.3) is 0 Å². The third-order valence-corrected chi connectivity index (χ3v) is 3.32. The first kappa shape index (κ1) is 14.1. The Kier molecular flexibility index (Phi) is 4.00. The summed E-state index contributed by atoms with van der Waals surface area (Å²) in [4.78, 5) is 5.21. The Balaban J connectivity index is 2.21. The second-order valence-corrected chi connectivity index (χ2v) is 5.03. The summed E-state index contributed by atoms with van der Waals surface area (Å²) in [6, 6.07) is 3.96. The highest BCUT2D eigenvalue weighted by atomic mass is 79.9. The fourth-order valence-corrected chi connectivity index (χ4v) is 2.13. The summed E-state index contributed by atoms with van der Waals surface area (Å²) < 4.78 is 39.4. The van der Waals surface area contributed by atoms with E-state index in [0.717, 1.165) is 0 Å². The zero-order chi connectivity index (χ0) is 14.0. The number of alkyl halides is 2. The number of benzene rings is 1. The highest BCUT2D eigenvalue weighted by molar-refractivity contribution is 9.10. The molecule has 8 heteroatoms. The molecule has 4 nitrogen and oxygen atoms in total. The van der Waals surface area contributed by atoms with Crippen LogP contribution in [0.3, 0.4) is 0 Å². The summed E-state index contributed by atoms with van der Waals surface area (Å²) in [6.45, 7) is -0.427. The van der Waals surface area contributed by atoms with Crippen LogP contribution in [0.5, 0.6) is 0 Å². The van der Waals surface area contributed by atoms with Gasteiger partial charge in [-0.3, -0.25) is 5.21 Å². The van der Waals surface area contributed by atoms with Crippen molar-refractivity contribution in [3.05, 3.63) is 28.5 Å². The number of hydrogen-bond donors (Lipinski definition) is 2. The maximum Gasteiger partial charge on any atom is 0.267 e. The van der Waals surface area contributed by atoms with Gasteiger partial charge in [0.2, 0.25) is 5.96 Å². The van der Waals surface area contributed by atoms with E-state index in [4.69, 9.17) is 5.21 Å². The first-order valence-corrected chi connectivity index (χ1v) is 6.27. The highest BCUT2D eigenvalue weighted by Crippen LogP contribution is 2.28. The molecule has 0 atom stereocenters. The predicted molar refractivity (Wildman–Crippen MR) is 67.3 cm³/mol. The zero-order valence-corrected chi connectivity index (χ0v) is 11.3. The van der Waals surface area contributed by atoms with Gasteiger partial charge in [0.25, 0.3) is 5.92 Å². The van der Waals surface area contributed by atoms with E-state index in [1.807, 2.05) is 0 Å². The molecule has 0 amide bonds. The van der Waals surface area contributed by atoms with E-state index in [9.17, 15) is 13.2 Å². The van der Waals surface area contributed by atoms with Gasteiger partial charge in [-0.1, -0.05) is 0 Å². The molecule has 2 rings (SSSR count). The largest absolute Gasteiger partial charge is 0.335 e. The SMILES string of the molecule is ONC(=Nc1ccc(F)c(Br)c1)N1CCC(F)(F)C1. The molecule has 1 aliphatic heterocycles.